The van der Waals surface area contributed by atoms with Crippen molar-refractivity contribution in [1.82, 2.24) is 29.5 Å². The third-order valence-electron chi connectivity index (χ3n) is 7.42. The van der Waals surface area contributed by atoms with Gasteiger partial charge < -0.3 is 14.4 Å². The van der Waals surface area contributed by atoms with Crippen LogP contribution >= 0.6 is 27.7 Å². The lowest BCUT2D eigenvalue weighted by molar-refractivity contribution is -0.142. The third kappa shape index (κ3) is 6.49. The van der Waals surface area contributed by atoms with Crippen LogP contribution in [0, 0.1) is 0 Å². The van der Waals surface area contributed by atoms with Crippen molar-refractivity contribution in [3.05, 3.63) is 58.6 Å². The first-order valence-corrected chi connectivity index (χ1v) is 15.8. The second-order valence-corrected chi connectivity index (χ2v) is 12.3. The fraction of sp³-hybridized carbons (Fsp3) is 0.433. The van der Waals surface area contributed by atoms with Crippen LogP contribution in [0.25, 0.3) is 22.1 Å². The SMILES string of the molecule is CCCCC(=O)N1CCN(C(=O)CCCSc2nnc3c4ccccc4n(Cc4ccc(Br)cc4)c3n2)CC1C. The molecule has 2 amide bonds. The minimum atomic E-state index is 0.0618. The van der Waals surface area contributed by atoms with Crippen molar-refractivity contribution in [2.75, 3.05) is 25.4 Å². The lowest BCUT2D eigenvalue weighted by Gasteiger charge is -2.40. The third-order valence-corrected chi connectivity index (χ3v) is 8.87. The van der Waals surface area contributed by atoms with Gasteiger partial charge in [0.15, 0.2) is 5.65 Å². The molecule has 0 aliphatic carbocycles. The Bertz CT molecular complexity index is 1490. The van der Waals surface area contributed by atoms with Crippen LogP contribution < -0.4 is 0 Å². The Labute approximate surface area is 247 Å². The highest BCUT2D eigenvalue weighted by molar-refractivity contribution is 9.10. The Morgan fingerprint density at radius 1 is 1.00 bits per heavy atom. The second kappa shape index (κ2) is 13.1. The van der Waals surface area contributed by atoms with E-state index in [4.69, 9.17) is 4.98 Å². The first-order chi connectivity index (χ1) is 19.4. The summed E-state index contributed by atoms with van der Waals surface area (Å²) in [6.07, 6.45) is 3.74. The zero-order valence-corrected chi connectivity index (χ0v) is 25.5. The first-order valence-electron chi connectivity index (χ1n) is 14.0. The lowest BCUT2D eigenvalue weighted by atomic mass is 10.1. The van der Waals surface area contributed by atoms with Crippen LogP contribution in [0.5, 0.6) is 0 Å². The van der Waals surface area contributed by atoms with E-state index in [1.54, 1.807) is 0 Å². The Kier molecular flexibility index (Phi) is 9.36. The van der Waals surface area contributed by atoms with Crippen LogP contribution in [0.2, 0.25) is 0 Å². The van der Waals surface area contributed by atoms with Crippen molar-refractivity contribution in [2.45, 2.75) is 63.7 Å². The highest BCUT2D eigenvalue weighted by Gasteiger charge is 2.29. The van der Waals surface area contributed by atoms with E-state index in [1.807, 2.05) is 41.0 Å². The number of halogens is 1. The van der Waals surface area contributed by atoms with Crippen LogP contribution in [-0.4, -0.2) is 72.8 Å². The Hall–Kier alpha value is -2.98. The summed E-state index contributed by atoms with van der Waals surface area (Å²) >= 11 is 5.05. The van der Waals surface area contributed by atoms with Crippen molar-refractivity contribution in [2.24, 2.45) is 0 Å². The summed E-state index contributed by atoms with van der Waals surface area (Å²) in [5.41, 5.74) is 3.88. The van der Waals surface area contributed by atoms with Gasteiger partial charge in [-0.1, -0.05) is 71.4 Å². The largest absolute Gasteiger partial charge is 0.339 e. The van der Waals surface area contributed by atoms with Crippen molar-refractivity contribution in [3.8, 4) is 0 Å². The van der Waals surface area contributed by atoms with E-state index in [1.165, 1.54) is 17.3 Å². The minimum absolute atomic E-state index is 0.0618. The molecule has 10 heteroatoms. The number of amides is 2. The maximum absolute atomic E-state index is 12.9. The van der Waals surface area contributed by atoms with Gasteiger partial charge in [-0.05, 0) is 43.5 Å². The predicted molar refractivity (Wildman–Crippen MR) is 163 cm³/mol. The van der Waals surface area contributed by atoms with Gasteiger partial charge in [-0.15, -0.1) is 10.2 Å². The van der Waals surface area contributed by atoms with E-state index in [0.29, 0.717) is 44.2 Å². The van der Waals surface area contributed by atoms with Crippen LogP contribution in [-0.2, 0) is 16.1 Å². The molecule has 1 atom stereocenters. The van der Waals surface area contributed by atoms with Crippen LogP contribution in [0.15, 0.2) is 58.2 Å². The van der Waals surface area contributed by atoms with Crippen LogP contribution in [0.3, 0.4) is 0 Å². The van der Waals surface area contributed by atoms with E-state index in [-0.39, 0.29) is 17.9 Å². The highest BCUT2D eigenvalue weighted by atomic mass is 79.9. The number of benzene rings is 2. The van der Waals surface area contributed by atoms with Gasteiger partial charge in [0, 0.05) is 60.7 Å². The minimum Gasteiger partial charge on any atom is -0.339 e. The molecule has 0 saturated carbocycles. The smallest absolute Gasteiger partial charge is 0.222 e. The molecule has 1 aliphatic heterocycles. The molecule has 40 heavy (non-hydrogen) atoms. The molecular formula is C30H35BrN6O2S. The van der Waals surface area contributed by atoms with Crippen molar-refractivity contribution in [1.29, 1.82) is 0 Å². The number of rotatable bonds is 10. The summed E-state index contributed by atoms with van der Waals surface area (Å²) in [5, 5.41) is 10.6. The van der Waals surface area contributed by atoms with Crippen LogP contribution in [0.1, 0.15) is 51.5 Å². The van der Waals surface area contributed by atoms with E-state index >= 15 is 0 Å². The predicted octanol–water partition coefficient (Wildman–Crippen LogP) is 5.91. The maximum Gasteiger partial charge on any atom is 0.222 e. The highest BCUT2D eigenvalue weighted by Crippen LogP contribution is 2.28. The number of carbonyl (C=O) groups excluding carboxylic acids is 2. The molecule has 8 nitrogen and oxygen atoms in total. The second-order valence-electron chi connectivity index (χ2n) is 10.3. The molecule has 210 valence electrons. The molecule has 1 unspecified atom stereocenters. The molecule has 4 aromatic rings. The van der Waals surface area contributed by atoms with Gasteiger partial charge in [-0.25, -0.2) is 4.98 Å². The number of aromatic nitrogens is 4. The summed E-state index contributed by atoms with van der Waals surface area (Å²) in [5.74, 6) is 1.09. The van der Waals surface area contributed by atoms with Gasteiger partial charge in [-0.2, -0.15) is 0 Å². The van der Waals surface area contributed by atoms with Gasteiger partial charge in [0.25, 0.3) is 0 Å². The quantitative estimate of drug-likeness (QED) is 0.161. The van der Waals surface area contributed by atoms with Crippen LogP contribution in [0.4, 0.5) is 0 Å². The number of thioether (sulfide) groups is 1. The summed E-state index contributed by atoms with van der Waals surface area (Å²) in [7, 11) is 0. The molecule has 1 aliphatic rings. The summed E-state index contributed by atoms with van der Waals surface area (Å²) in [6.45, 7) is 6.66. The molecule has 0 spiro atoms. The maximum atomic E-state index is 12.9. The van der Waals surface area contributed by atoms with E-state index in [0.717, 1.165) is 51.6 Å². The van der Waals surface area contributed by atoms with Crippen molar-refractivity contribution >= 4 is 61.6 Å². The number of carbonyl (C=O) groups is 2. The fourth-order valence-electron chi connectivity index (χ4n) is 5.25. The summed E-state index contributed by atoms with van der Waals surface area (Å²) in [6, 6.07) is 16.6. The van der Waals surface area contributed by atoms with Gasteiger partial charge in [0.05, 0.1) is 5.52 Å². The van der Waals surface area contributed by atoms with E-state index in [9.17, 15) is 9.59 Å². The van der Waals surface area contributed by atoms with Gasteiger partial charge in [0.1, 0.15) is 5.52 Å². The average molecular weight is 624 g/mol. The molecular weight excluding hydrogens is 588 g/mol. The van der Waals surface area contributed by atoms with Crippen molar-refractivity contribution < 1.29 is 9.59 Å². The van der Waals surface area contributed by atoms with Gasteiger partial charge in [0.2, 0.25) is 17.0 Å². The number of hydrogen-bond acceptors (Lipinski definition) is 6. The Balaban J connectivity index is 1.19. The molecule has 1 saturated heterocycles. The zero-order valence-electron chi connectivity index (χ0n) is 23.1. The number of unbranched alkanes of at least 4 members (excludes halogenated alkanes) is 1. The summed E-state index contributed by atoms with van der Waals surface area (Å²) in [4.78, 5) is 34.1. The number of para-hydroxylation sites is 1. The molecule has 1 fully saturated rings. The molecule has 0 bridgehead atoms. The lowest BCUT2D eigenvalue weighted by Crippen LogP contribution is -2.55. The molecule has 5 rings (SSSR count). The van der Waals surface area contributed by atoms with Crippen molar-refractivity contribution in [3.63, 3.8) is 0 Å². The molecule has 0 N–H and O–H groups in total. The Morgan fingerprint density at radius 2 is 1.77 bits per heavy atom. The van der Waals surface area contributed by atoms with Gasteiger partial charge in [-0.3, -0.25) is 9.59 Å². The number of nitrogens with zero attached hydrogens (tertiary/aromatic N) is 6. The topological polar surface area (TPSA) is 84.2 Å². The molecule has 0 radical (unpaired) electrons. The monoisotopic (exact) mass is 622 g/mol. The summed E-state index contributed by atoms with van der Waals surface area (Å²) < 4.78 is 3.25. The van der Waals surface area contributed by atoms with E-state index < -0.39 is 0 Å². The molecule has 2 aromatic carbocycles. The Morgan fingerprint density at radius 3 is 2.55 bits per heavy atom. The normalized spacial score (nSPS) is 15.7. The fourth-order valence-corrected chi connectivity index (χ4v) is 6.24. The number of hydrogen-bond donors (Lipinski definition) is 0. The number of piperazine rings is 1. The van der Waals surface area contributed by atoms with Gasteiger partial charge >= 0.3 is 0 Å². The molecule has 2 aromatic heterocycles. The first kappa shape index (κ1) is 28.5. The van der Waals surface area contributed by atoms with E-state index in [2.05, 4.69) is 61.9 Å². The zero-order chi connectivity index (χ0) is 28.1. The molecule has 3 heterocycles. The average Bonchev–Trinajstić information content (AvgIpc) is 3.27. The number of fused-ring (bicyclic) bond motifs is 3. The standard InChI is InChI=1S/C30H35BrN6O2S/c1-3-4-10-27(39)36-17-16-35(19-21(36)2)26(38)11-7-18-40-30-32-29-28(33-34-30)24-8-5-6-9-25(24)37(29)20-22-12-14-23(31)15-13-22/h5-6,8-9,12-15,21H,3-4,7,10-11,16-20H2,1-2H3.